The molecule has 0 atom stereocenters. The first-order chi connectivity index (χ1) is 15.0. The van der Waals surface area contributed by atoms with Crippen LogP contribution in [-0.4, -0.2) is 37.8 Å². The average molecular weight is 560 g/mol. The Balaban J connectivity index is 1.74. The summed E-state index contributed by atoms with van der Waals surface area (Å²) in [6.07, 6.45) is -3.71. The summed E-state index contributed by atoms with van der Waals surface area (Å²) >= 11 is 3.69. The van der Waals surface area contributed by atoms with Crippen LogP contribution in [0.15, 0.2) is 16.6 Å². The van der Waals surface area contributed by atoms with E-state index in [4.69, 9.17) is 4.74 Å². The Morgan fingerprint density at radius 2 is 1.94 bits per heavy atom. The Kier molecular flexibility index (Phi) is 6.49. The van der Waals surface area contributed by atoms with Crippen LogP contribution in [-0.2, 0) is 5.66 Å². The van der Waals surface area contributed by atoms with Gasteiger partial charge in [-0.25, -0.2) is 4.98 Å². The van der Waals surface area contributed by atoms with E-state index in [1.165, 1.54) is 6.07 Å². The van der Waals surface area contributed by atoms with Crippen molar-refractivity contribution in [2.24, 2.45) is 0 Å². The first-order valence-electron chi connectivity index (χ1n) is 9.42. The maximum atomic E-state index is 14.4. The second kappa shape index (κ2) is 8.75. The van der Waals surface area contributed by atoms with Crippen molar-refractivity contribution in [3.63, 3.8) is 0 Å². The molecule has 0 amide bonds. The number of hydrogen-bond acceptors (Lipinski definition) is 6. The van der Waals surface area contributed by atoms with Crippen molar-refractivity contribution in [2.45, 2.75) is 43.4 Å². The van der Waals surface area contributed by atoms with Crippen LogP contribution in [0.2, 0.25) is 0 Å². The summed E-state index contributed by atoms with van der Waals surface area (Å²) in [5, 5.41) is 7.28. The van der Waals surface area contributed by atoms with Crippen molar-refractivity contribution in [3.8, 4) is 17.1 Å². The number of nitrogens with zero attached hydrogens (tertiary/aromatic N) is 2. The molecule has 2 aromatic heterocycles. The first-order valence-corrected chi connectivity index (χ1v) is 12.3. The molecule has 1 aliphatic rings. The maximum absolute atomic E-state index is 14.4. The van der Waals surface area contributed by atoms with E-state index in [0.717, 1.165) is 12.8 Å². The van der Waals surface area contributed by atoms with Gasteiger partial charge in [0.2, 0.25) is 8.38 Å². The van der Waals surface area contributed by atoms with Crippen molar-refractivity contribution in [2.75, 3.05) is 6.61 Å². The highest BCUT2D eigenvalue weighted by atomic mass is 79.9. The van der Waals surface area contributed by atoms with Crippen LogP contribution in [0.5, 0.6) is 5.75 Å². The van der Waals surface area contributed by atoms with Crippen LogP contribution in [0.4, 0.5) is 22.0 Å². The van der Waals surface area contributed by atoms with Gasteiger partial charge in [-0.1, -0.05) is 0 Å². The summed E-state index contributed by atoms with van der Waals surface area (Å²) in [4.78, 5) is 22.2. The number of nitrogens with one attached hydrogen (secondary N) is 1. The number of rotatable bonds is 8. The standard InChI is InChI=1S/C18H16BrF5N3O3PS/c19-12-10-6-9(16-25-15(26-27-16)8-2-3-8)7-11(30-5-1-4-17(20,21)22)13(10)32-14(12)18(23,24)31(28)29/h6-8,28-29H,1-5H2,(H,25,26,27). The van der Waals surface area contributed by atoms with E-state index in [1.54, 1.807) is 6.07 Å². The third-order valence-electron chi connectivity index (χ3n) is 4.81. The average Bonchev–Trinajstić information content (AvgIpc) is 3.33. The Hall–Kier alpha value is -1.40. The fraction of sp³-hybridized carbons (Fsp3) is 0.444. The van der Waals surface area contributed by atoms with Gasteiger partial charge in [-0.2, -0.15) is 27.1 Å². The number of benzene rings is 1. The lowest BCUT2D eigenvalue weighted by molar-refractivity contribution is -0.136. The molecule has 3 aromatic rings. The number of alkyl halides is 5. The quantitative estimate of drug-likeness (QED) is 0.169. The molecular formula is C18H16BrF5N3O3PS. The molecule has 3 N–H and O–H groups in total. The van der Waals surface area contributed by atoms with Crippen LogP contribution in [0.25, 0.3) is 21.5 Å². The lowest BCUT2D eigenvalue weighted by Crippen LogP contribution is -2.09. The monoisotopic (exact) mass is 559 g/mol. The molecule has 1 saturated carbocycles. The van der Waals surface area contributed by atoms with E-state index in [2.05, 4.69) is 31.1 Å². The first kappa shape index (κ1) is 23.7. The van der Waals surface area contributed by atoms with Gasteiger partial charge in [0.15, 0.2) is 5.82 Å². The molecule has 0 unspecified atom stereocenters. The fourth-order valence-corrected chi connectivity index (χ4v) is 5.84. The SMILES string of the molecule is OP(O)C(F)(F)c1sc2c(OCCCC(F)(F)F)cc(-c3n[nH]c(C4CC4)n3)cc2c1Br. The van der Waals surface area contributed by atoms with Crippen molar-refractivity contribution < 1.29 is 36.5 Å². The number of thiophene rings is 1. The van der Waals surface area contributed by atoms with Crippen LogP contribution in [0.3, 0.4) is 0 Å². The molecule has 0 radical (unpaired) electrons. The molecule has 6 nitrogen and oxygen atoms in total. The molecule has 174 valence electrons. The lowest BCUT2D eigenvalue weighted by Gasteiger charge is -2.15. The molecule has 4 rings (SSSR count). The third-order valence-corrected chi connectivity index (χ3v) is 8.06. The van der Waals surface area contributed by atoms with Gasteiger partial charge in [-0.05, 0) is 47.3 Å². The van der Waals surface area contributed by atoms with Gasteiger partial charge in [-0.15, -0.1) is 11.3 Å². The Bertz CT molecular complexity index is 1130. The van der Waals surface area contributed by atoms with Crippen molar-refractivity contribution in [1.29, 1.82) is 0 Å². The van der Waals surface area contributed by atoms with Crippen LogP contribution >= 0.6 is 35.6 Å². The minimum atomic E-state index is -4.33. The Morgan fingerprint density at radius 1 is 1.22 bits per heavy atom. The molecule has 1 fully saturated rings. The predicted octanol–water partition coefficient (Wildman–Crippen LogP) is 6.39. The Labute approximate surface area is 191 Å². The summed E-state index contributed by atoms with van der Waals surface area (Å²) < 4.78 is 71.8. The fourth-order valence-electron chi connectivity index (χ4n) is 3.06. The zero-order valence-electron chi connectivity index (χ0n) is 16.1. The summed E-state index contributed by atoms with van der Waals surface area (Å²) in [7, 11) is -3.61. The minimum absolute atomic E-state index is 0.0574. The molecule has 1 aliphatic carbocycles. The van der Waals surface area contributed by atoms with Crippen LogP contribution < -0.4 is 4.74 Å². The molecule has 0 saturated heterocycles. The zero-order chi connectivity index (χ0) is 23.3. The molecule has 2 heterocycles. The van der Waals surface area contributed by atoms with Crippen LogP contribution in [0.1, 0.15) is 42.3 Å². The van der Waals surface area contributed by atoms with E-state index in [0.29, 0.717) is 34.5 Å². The number of fused-ring (bicyclic) bond motifs is 1. The van der Waals surface area contributed by atoms with Crippen molar-refractivity contribution in [3.05, 3.63) is 27.3 Å². The normalized spacial score (nSPS) is 15.2. The number of aromatic nitrogens is 3. The Morgan fingerprint density at radius 3 is 2.56 bits per heavy atom. The van der Waals surface area contributed by atoms with E-state index in [9.17, 15) is 31.7 Å². The number of aromatic amines is 1. The van der Waals surface area contributed by atoms with Crippen molar-refractivity contribution in [1.82, 2.24) is 15.2 Å². The van der Waals surface area contributed by atoms with Gasteiger partial charge in [0.05, 0.1) is 16.2 Å². The summed E-state index contributed by atoms with van der Waals surface area (Å²) in [5.41, 5.74) is -3.48. The largest absolute Gasteiger partial charge is 0.492 e. The van der Waals surface area contributed by atoms with Crippen molar-refractivity contribution >= 4 is 45.7 Å². The minimum Gasteiger partial charge on any atom is -0.492 e. The molecule has 32 heavy (non-hydrogen) atoms. The van der Waals surface area contributed by atoms with Gasteiger partial charge < -0.3 is 14.5 Å². The number of hydrogen-bond donors (Lipinski definition) is 3. The molecule has 14 heteroatoms. The van der Waals surface area contributed by atoms with E-state index in [1.807, 2.05) is 0 Å². The van der Waals surface area contributed by atoms with Gasteiger partial charge in [-0.3, -0.25) is 5.10 Å². The molecular weight excluding hydrogens is 544 g/mol. The highest BCUT2D eigenvalue weighted by Crippen LogP contribution is 2.59. The van der Waals surface area contributed by atoms with E-state index < -0.39 is 31.5 Å². The second-order valence-electron chi connectivity index (χ2n) is 7.31. The number of halogens is 6. The zero-order valence-corrected chi connectivity index (χ0v) is 19.4. The van der Waals surface area contributed by atoms with Gasteiger partial charge >= 0.3 is 11.8 Å². The second-order valence-corrected chi connectivity index (χ2v) is 10.3. The topological polar surface area (TPSA) is 91.3 Å². The summed E-state index contributed by atoms with van der Waals surface area (Å²) in [5.74, 6) is 1.39. The maximum Gasteiger partial charge on any atom is 0.389 e. The van der Waals surface area contributed by atoms with Crippen LogP contribution in [0, 0.1) is 0 Å². The number of ether oxygens (including phenoxy) is 1. The third kappa shape index (κ3) is 4.91. The lowest BCUT2D eigenvalue weighted by atomic mass is 10.1. The van der Waals surface area contributed by atoms with E-state index >= 15 is 0 Å². The highest BCUT2D eigenvalue weighted by molar-refractivity contribution is 9.10. The summed E-state index contributed by atoms with van der Waals surface area (Å²) in [6, 6.07) is 3.04. The van der Waals surface area contributed by atoms with Gasteiger partial charge in [0, 0.05) is 27.8 Å². The predicted molar refractivity (Wildman–Crippen MR) is 113 cm³/mol. The van der Waals surface area contributed by atoms with E-state index in [-0.39, 0.29) is 33.3 Å². The molecule has 0 aliphatic heterocycles. The molecule has 1 aromatic carbocycles. The number of H-pyrrole nitrogens is 1. The smallest absolute Gasteiger partial charge is 0.389 e. The molecule has 0 spiro atoms. The van der Waals surface area contributed by atoms with Gasteiger partial charge in [0.1, 0.15) is 11.6 Å². The summed E-state index contributed by atoms with van der Waals surface area (Å²) in [6.45, 7) is -0.284. The molecule has 0 bridgehead atoms. The van der Waals surface area contributed by atoms with Gasteiger partial charge in [0.25, 0.3) is 0 Å². The highest BCUT2D eigenvalue weighted by Gasteiger charge is 2.45.